The Morgan fingerprint density at radius 2 is 0.964 bits per heavy atom. The summed E-state index contributed by atoms with van der Waals surface area (Å²) in [6.07, 6.45) is 25.8. The molecule has 0 saturated carbocycles. The van der Waals surface area contributed by atoms with Gasteiger partial charge in [-0.25, -0.2) is 0 Å². The summed E-state index contributed by atoms with van der Waals surface area (Å²) in [6.45, 7) is 14.5. The van der Waals surface area contributed by atoms with Gasteiger partial charge in [0.05, 0.1) is 0 Å². The summed E-state index contributed by atoms with van der Waals surface area (Å²) in [6, 6.07) is 0. The van der Waals surface area contributed by atoms with Gasteiger partial charge in [-0.3, -0.25) is 0 Å². The van der Waals surface area contributed by atoms with Crippen LogP contribution in [0.15, 0.2) is 47.6 Å². The first-order valence-electron chi connectivity index (χ1n) is 11.8. The van der Waals surface area contributed by atoms with Gasteiger partial charge in [0.1, 0.15) is 0 Å². The fourth-order valence-electron chi connectivity index (χ4n) is 5.08. The first-order chi connectivity index (χ1) is 13.6. The molecule has 0 aromatic carbocycles. The van der Waals surface area contributed by atoms with E-state index >= 15 is 0 Å². The summed E-state index contributed by atoms with van der Waals surface area (Å²) in [5.74, 6) is 1.22. The molecule has 0 nitrogen and oxygen atoms in total. The molecule has 2 unspecified atom stereocenters. The quantitative estimate of drug-likeness (QED) is 0.263. The van der Waals surface area contributed by atoms with Crippen LogP contribution in [0.3, 0.4) is 0 Å². The minimum Gasteiger partial charge on any atom is -0.0996 e. The van der Waals surface area contributed by atoms with E-state index in [1.165, 1.54) is 50.3 Å². The lowest BCUT2D eigenvalue weighted by Gasteiger charge is -2.35. The highest BCUT2D eigenvalue weighted by Crippen LogP contribution is 2.53. The summed E-state index contributed by atoms with van der Waals surface area (Å²) < 4.78 is 0. The lowest BCUT2D eigenvalue weighted by molar-refractivity contribution is 0.595. The van der Waals surface area contributed by atoms with Crippen LogP contribution in [-0.4, -0.2) is 36.0 Å². The van der Waals surface area contributed by atoms with E-state index in [1.807, 2.05) is 0 Å². The Labute approximate surface area is 178 Å². The fraction of sp³-hybridized carbons (Fsp3) is 0.692. The Morgan fingerprint density at radius 1 is 0.643 bits per heavy atom. The summed E-state index contributed by atoms with van der Waals surface area (Å²) in [5.41, 5.74) is 5.01. The first-order valence-corrected chi connectivity index (χ1v) is 15.4. The van der Waals surface area contributed by atoms with E-state index in [2.05, 4.69) is 78.0 Å². The molecular formula is C26H44P2. The lowest BCUT2D eigenvalue weighted by atomic mass is 9.82. The summed E-state index contributed by atoms with van der Waals surface area (Å²) in [5, 5.41) is 0. The second-order valence-electron chi connectivity index (χ2n) is 8.58. The van der Waals surface area contributed by atoms with Crippen molar-refractivity contribution in [2.24, 2.45) is 11.8 Å². The Hall–Kier alpha value is -0.180. The summed E-state index contributed by atoms with van der Waals surface area (Å²) in [7, 11) is 0.249. The number of rotatable bonds is 13. The maximum Gasteiger partial charge on any atom is 0.00899 e. The van der Waals surface area contributed by atoms with Crippen molar-refractivity contribution >= 4 is 15.8 Å². The maximum atomic E-state index is 2.54. The minimum absolute atomic E-state index is 0.125. The van der Waals surface area contributed by atoms with E-state index in [0.717, 1.165) is 11.3 Å². The molecule has 0 saturated heterocycles. The van der Waals surface area contributed by atoms with Crippen LogP contribution in [0.4, 0.5) is 0 Å². The number of hydrogen-bond donors (Lipinski definition) is 0. The molecule has 158 valence electrons. The molecule has 0 fully saturated rings. The monoisotopic (exact) mass is 418 g/mol. The highest BCUT2D eigenvalue weighted by Gasteiger charge is 2.35. The number of hydrogen-bond acceptors (Lipinski definition) is 0. The SMILES string of the molecule is CCCP(CCC)[C@H](C)C1=CC=CC1C1C=CC=C1[C@@H](C)P(CCC)CCC. The molecule has 0 spiro atoms. The molecule has 2 aliphatic carbocycles. The highest BCUT2D eigenvalue weighted by atomic mass is 31.1. The van der Waals surface area contributed by atoms with Crippen LogP contribution < -0.4 is 0 Å². The average Bonchev–Trinajstić information content (AvgIpc) is 3.35. The Bertz CT molecular complexity index is 519. The van der Waals surface area contributed by atoms with E-state index in [-0.39, 0.29) is 15.8 Å². The van der Waals surface area contributed by atoms with Crippen LogP contribution in [0, 0.1) is 11.8 Å². The molecule has 0 aliphatic heterocycles. The van der Waals surface area contributed by atoms with Gasteiger partial charge in [-0.05, 0) is 36.0 Å². The van der Waals surface area contributed by atoms with Gasteiger partial charge in [0.25, 0.3) is 0 Å². The Balaban J connectivity index is 2.16. The molecule has 0 N–H and O–H groups in total. The standard InChI is InChI=1S/C26H44P2/c1-7-17-27(18-8-2)21(5)23-13-11-15-25(23)26-16-12-14-24(26)22(6)28(19-9-3)20-10-4/h11-16,21-22,25-26H,7-10,17-20H2,1-6H3/t21-,22-,25?,26?/m1/s1. The topological polar surface area (TPSA) is 0 Å². The van der Waals surface area contributed by atoms with E-state index in [9.17, 15) is 0 Å². The molecule has 2 rings (SSSR count). The average molecular weight is 419 g/mol. The molecule has 4 atom stereocenters. The first kappa shape index (κ1) is 24.1. The Kier molecular flexibility index (Phi) is 10.8. The van der Waals surface area contributed by atoms with Crippen LogP contribution in [0.2, 0.25) is 0 Å². The van der Waals surface area contributed by atoms with Gasteiger partial charge in [-0.1, -0.05) is 131 Å². The zero-order chi connectivity index (χ0) is 20.5. The zero-order valence-electron chi connectivity index (χ0n) is 19.3. The van der Waals surface area contributed by atoms with Crippen LogP contribution in [0.25, 0.3) is 0 Å². The zero-order valence-corrected chi connectivity index (χ0v) is 21.1. The molecule has 0 heterocycles. The Morgan fingerprint density at radius 3 is 1.25 bits per heavy atom. The minimum atomic E-state index is 0.125. The van der Waals surface area contributed by atoms with Crippen molar-refractivity contribution < 1.29 is 0 Å². The van der Waals surface area contributed by atoms with Crippen LogP contribution in [-0.2, 0) is 0 Å². The van der Waals surface area contributed by atoms with Crippen molar-refractivity contribution in [3.8, 4) is 0 Å². The van der Waals surface area contributed by atoms with Crippen molar-refractivity contribution in [1.82, 2.24) is 0 Å². The van der Waals surface area contributed by atoms with Crippen LogP contribution in [0.5, 0.6) is 0 Å². The molecule has 28 heavy (non-hydrogen) atoms. The van der Waals surface area contributed by atoms with Crippen molar-refractivity contribution in [3.63, 3.8) is 0 Å². The predicted molar refractivity (Wildman–Crippen MR) is 135 cm³/mol. The van der Waals surface area contributed by atoms with Gasteiger partial charge in [-0.2, -0.15) is 0 Å². The second kappa shape index (κ2) is 12.5. The van der Waals surface area contributed by atoms with Crippen molar-refractivity contribution in [3.05, 3.63) is 47.6 Å². The van der Waals surface area contributed by atoms with E-state index < -0.39 is 0 Å². The van der Waals surface area contributed by atoms with Crippen molar-refractivity contribution in [2.45, 2.75) is 78.5 Å². The third kappa shape index (κ3) is 5.92. The third-order valence-corrected chi connectivity index (χ3v) is 13.3. The highest BCUT2D eigenvalue weighted by molar-refractivity contribution is 7.59. The van der Waals surface area contributed by atoms with Gasteiger partial charge >= 0.3 is 0 Å². The molecule has 2 heteroatoms. The van der Waals surface area contributed by atoms with Gasteiger partial charge in [0.15, 0.2) is 0 Å². The third-order valence-electron chi connectivity index (χ3n) is 6.47. The molecule has 0 bridgehead atoms. The van der Waals surface area contributed by atoms with Gasteiger partial charge in [0.2, 0.25) is 0 Å². The van der Waals surface area contributed by atoms with Crippen molar-refractivity contribution in [1.29, 1.82) is 0 Å². The molecule has 0 aromatic rings. The predicted octanol–water partition coefficient (Wildman–Crippen LogP) is 8.59. The van der Waals surface area contributed by atoms with E-state index in [4.69, 9.17) is 0 Å². The summed E-state index contributed by atoms with van der Waals surface area (Å²) in [4.78, 5) is 0. The smallest absolute Gasteiger partial charge is 0.00899 e. The largest absolute Gasteiger partial charge is 0.0996 e. The number of allylic oxidation sites excluding steroid dienone is 8. The lowest BCUT2D eigenvalue weighted by Crippen LogP contribution is -2.23. The van der Waals surface area contributed by atoms with Gasteiger partial charge in [0, 0.05) is 11.8 Å². The second-order valence-corrected chi connectivity index (χ2v) is 14.3. The van der Waals surface area contributed by atoms with Crippen molar-refractivity contribution in [2.75, 3.05) is 24.6 Å². The van der Waals surface area contributed by atoms with Crippen LogP contribution in [0.1, 0.15) is 67.2 Å². The fourth-order valence-corrected chi connectivity index (χ4v) is 10.7. The van der Waals surface area contributed by atoms with E-state index in [0.29, 0.717) is 11.8 Å². The normalized spacial score (nSPS) is 23.6. The van der Waals surface area contributed by atoms with Gasteiger partial charge in [-0.15, -0.1) is 0 Å². The van der Waals surface area contributed by atoms with Gasteiger partial charge < -0.3 is 0 Å². The molecule has 0 aromatic heterocycles. The molecule has 0 radical (unpaired) electrons. The maximum absolute atomic E-state index is 2.54. The molecule has 0 amide bonds. The molecular weight excluding hydrogens is 374 g/mol. The summed E-state index contributed by atoms with van der Waals surface area (Å²) >= 11 is 0. The van der Waals surface area contributed by atoms with E-state index in [1.54, 1.807) is 11.1 Å². The van der Waals surface area contributed by atoms with Crippen LogP contribution >= 0.6 is 15.8 Å². The molecule has 2 aliphatic rings.